The Hall–Kier alpha value is -0.980. The second kappa shape index (κ2) is 4.36. The van der Waals surface area contributed by atoms with Crippen LogP contribution in [-0.4, -0.2) is 12.6 Å². The molecule has 0 fully saturated rings. The van der Waals surface area contributed by atoms with Gasteiger partial charge in [-0.3, -0.25) is 0 Å². The number of hydrogen-bond acceptors (Lipinski definition) is 1. The van der Waals surface area contributed by atoms with Crippen molar-refractivity contribution in [3.05, 3.63) is 28.8 Å². The molecule has 0 unspecified atom stereocenters. The first-order chi connectivity index (χ1) is 8.25. The van der Waals surface area contributed by atoms with Crippen LogP contribution in [0.2, 0.25) is 0 Å². The molecule has 0 atom stereocenters. The van der Waals surface area contributed by atoms with Gasteiger partial charge < -0.3 is 4.90 Å². The molecule has 0 N–H and O–H groups in total. The van der Waals surface area contributed by atoms with Gasteiger partial charge in [-0.25, -0.2) is 0 Å². The SMILES string of the molecule is CC(C)N1CCCc2cc3c(cc21)CCCC3. The lowest BCUT2D eigenvalue weighted by Crippen LogP contribution is -2.35. The maximum Gasteiger partial charge on any atom is 0.0404 e. The summed E-state index contributed by atoms with van der Waals surface area (Å²) in [6.07, 6.45) is 7.99. The van der Waals surface area contributed by atoms with E-state index >= 15 is 0 Å². The monoisotopic (exact) mass is 229 g/mol. The summed E-state index contributed by atoms with van der Waals surface area (Å²) in [5.41, 5.74) is 6.40. The van der Waals surface area contributed by atoms with E-state index in [1.54, 1.807) is 16.7 Å². The highest BCUT2D eigenvalue weighted by molar-refractivity contribution is 5.60. The van der Waals surface area contributed by atoms with Gasteiger partial charge in [0, 0.05) is 18.3 Å². The highest BCUT2D eigenvalue weighted by atomic mass is 15.2. The number of benzene rings is 1. The van der Waals surface area contributed by atoms with Crippen LogP contribution in [0, 0.1) is 0 Å². The fourth-order valence-corrected chi connectivity index (χ4v) is 3.39. The van der Waals surface area contributed by atoms with Gasteiger partial charge in [0.15, 0.2) is 0 Å². The van der Waals surface area contributed by atoms with Gasteiger partial charge in [-0.2, -0.15) is 0 Å². The lowest BCUT2D eigenvalue weighted by molar-refractivity contribution is 0.619. The van der Waals surface area contributed by atoms with Crippen LogP contribution in [-0.2, 0) is 19.3 Å². The Labute approximate surface area is 105 Å². The molecule has 1 heteroatoms. The summed E-state index contributed by atoms with van der Waals surface area (Å²) < 4.78 is 0. The van der Waals surface area contributed by atoms with Crippen LogP contribution >= 0.6 is 0 Å². The minimum Gasteiger partial charge on any atom is -0.369 e. The lowest BCUT2D eigenvalue weighted by Gasteiger charge is -2.36. The van der Waals surface area contributed by atoms with E-state index in [2.05, 4.69) is 30.9 Å². The number of rotatable bonds is 1. The molecule has 1 heterocycles. The smallest absolute Gasteiger partial charge is 0.0404 e. The van der Waals surface area contributed by atoms with Gasteiger partial charge in [0.05, 0.1) is 0 Å². The minimum absolute atomic E-state index is 0.635. The standard InChI is InChI=1S/C16H23N/c1-12(2)17-9-5-8-15-10-13-6-3-4-7-14(13)11-16(15)17/h10-12H,3-9H2,1-2H3. The molecule has 1 aliphatic carbocycles. The molecule has 0 amide bonds. The maximum absolute atomic E-state index is 2.59. The number of nitrogens with zero attached hydrogens (tertiary/aromatic N) is 1. The van der Waals surface area contributed by atoms with Crippen LogP contribution in [0.1, 0.15) is 49.8 Å². The molecule has 0 radical (unpaired) electrons. The Morgan fingerprint density at radius 2 is 1.53 bits per heavy atom. The molecule has 0 aromatic heterocycles. The molecule has 0 saturated carbocycles. The normalized spacial score (nSPS) is 19.1. The summed E-state index contributed by atoms with van der Waals surface area (Å²) in [6, 6.07) is 5.65. The number of anilines is 1. The second-order valence-electron chi connectivity index (χ2n) is 5.85. The predicted molar refractivity (Wildman–Crippen MR) is 73.9 cm³/mol. The third-order valence-corrected chi connectivity index (χ3v) is 4.32. The van der Waals surface area contributed by atoms with Crippen LogP contribution in [0.15, 0.2) is 12.1 Å². The summed E-state index contributed by atoms with van der Waals surface area (Å²) in [7, 11) is 0. The zero-order chi connectivity index (χ0) is 11.8. The van der Waals surface area contributed by atoms with E-state index in [1.165, 1.54) is 50.8 Å². The van der Waals surface area contributed by atoms with Gasteiger partial charge in [-0.1, -0.05) is 6.07 Å². The second-order valence-corrected chi connectivity index (χ2v) is 5.85. The van der Waals surface area contributed by atoms with E-state index in [9.17, 15) is 0 Å². The Bertz CT molecular complexity index is 420. The molecule has 2 aliphatic rings. The molecule has 0 spiro atoms. The first-order valence-corrected chi connectivity index (χ1v) is 7.17. The average Bonchev–Trinajstić information content (AvgIpc) is 2.35. The molecule has 1 aromatic carbocycles. The average molecular weight is 229 g/mol. The van der Waals surface area contributed by atoms with Crippen LogP contribution < -0.4 is 4.90 Å². The molecule has 1 aromatic rings. The first kappa shape index (κ1) is 11.1. The van der Waals surface area contributed by atoms with Gasteiger partial charge in [0.2, 0.25) is 0 Å². The van der Waals surface area contributed by atoms with Crippen molar-refractivity contribution in [3.8, 4) is 0 Å². The van der Waals surface area contributed by atoms with Gasteiger partial charge in [-0.15, -0.1) is 0 Å². The van der Waals surface area contributed by atoms with E-state index in [0.29, 0.717) is 6.04 Å². The quantitative estimate of drug-likeness (QED) is 0.709. The highest BCUT2D eigenvalue weighted by Crippen LogP contribution is 2.34. The number of hydrogen-bond donors (Lipinski definition) is 0. The van der Waals surface area contributed by atoms with E-state index in [1.807, 2.05) is 0 Å². The van der Waals surface area contributed by atoms with Crippen molar-refractivity contribution in [2.45, 2.75) is 58.4 Å². The van der Waals surface area contributed by atoms with E-state index in [0.717, 1.165) is 0 Å². The Morgan fingerprint density at radius 3 is 2.24 bits per heavy atom. The van der Waals surface area contributed by atoms with E-state index in [4.69, 9.17) is 0 Å². The molecular weight excluding hydrogens is 206 g/mol. The topological polar surface area (TPSA) is 3.24 Å². The first-order valence-electron chi connectivity index (χ1n) is 7.17. The van der Waals surface area contributed by atoms with Crippen molar-refractivity contribution < 1.29 is 0 Å². The molecule has 1 nitrogen and oxygen atoms in total. The van der Waals surface area contributed by atoms with Crippen LogP contribution in [0.3, 0.4) is 0 Å². The fourth-order valence-electron chi connectivity index (χ4n) is 3.39. The van der Waals surface area contributed by atoms with Crippen LogP contribution in [0.5, 0.6) is 0 Å². The Morgan fingerprint density at radius 1 is 0.882 bits per heavy atom. The van der Waals surface area contributed by atoms with Crippen molar-refractivity contribution in [2.24, 2.45) is 0 Å². The summed E-state index contributed by atoms with van der Waals surface area (Å²) in [5, 5.41) is 0. The maximum atomic E-state index is 2.59. The van der Waals surface area contributed by atoms with Gasteiger partial charge >= 0.3 is 0 Å². The van der Waals surface area contributed by atoms with Crippen LogP contribution in [0.4, 0.5) is 5.69 Å². The Balaban J connectivity index is 2.04. The van der Waals surface area contributed by atoms with Crippen molar-refractivity contribution >= 4 is 5.69 Å². The number of fused-ring (bicyclic) bond motifs is 2. The van der Waals surface area contributed by atoms with E-state index < -0.39 is 0 Å². The van der Waals surface area contributed by atoms with Gasteiger partial charge in [0.1, 0.15) is 0 Å². The summed E-state index contributed by atoms with van der Waals surface area (Å²) in [6.45, 7) is 5.87. The molecule has 92 valence electrons. The summed E-state index contributed by atoms with van der Waals surface area (Å²) in [5.74, 6) is 0. The molecule has 0 bridgehead atoms. The minimum atomic E-state index is 0.635. The zero-order valence-electron chi connectivity index (χ0n) is 11.1. The molecule has 1 aliphatic heterocycles. The van der Waals surface area contributed by atoms with Crippen LogP contribution in [0.25, 0.3) is 0 Å². The number of aryl methyl sites for hydroxylation is 3. The molecule has 3 rings (SSSR count). The highest BCUT2D eigenvalue weighted by Gasteiger charge is 2.21. The third kappa shape index (κ3) is 1.96. The van der Waals surface area contributed by atoms with Crippen molar-refractivity contribution in [2.75, 3.05) is 11.4 Å². The van der Waals surface area contributed by atoms with Crippen molar-refractivity contribution in [3.63, 3.8) is 0 Å². The molecular formula is C16H23N. The Kier molecular flexibility index (Phi) is 2.85. The summed E-state index contributed by atoms with van der Waals surface area (Å²) >= 11 is 0. The molecule has 17 heavy (non-hydrogen) atoms. The van der Waals surface area contributed by atoms with E-state index in [-0.39, 0.29) is 0 Å². The van der Waals surface area contributed by atoms with Crippen molar-refractivity contribution in [1.29, 1.82) is 0 Å². The lowest BCUT2D eigenvalue weighted by atomic mass is 9.87. The third-order valence-electron chi connectivity index (χ3n) is 4.32. The molecule has 0 saturated heterocycles. The largest absolute Gasteiger partial charge is 0.369 e. The summed E-state index contributed by atoms with van der Waals surface area (Å²) in [4.78, 5) is 2.59. The zero-order valence-corrected chi connectivity index (χ0v) is 11.1. The fraction of sp³-hybridized carbons (Fsp3) is 0.625. The van der Waals surface area contributed by atoms with Gasteiger partial charge in [0.25, 0.3) is 0 Å². The predicted octanol–water partition coefficient (Wildman–Crippen LogP) is 3.73. The van der Waals surface area contributed by atoms with Gasteiger partial charge in [-0.05, 0) is 75.1 Å². The van der Waals surface area contributed by atoms with Crippen molar-refractivity contribution in [1.82, 2.24) is 0 Å².